The molecule has 0 aliphatic carbocycles. The molecule has 0 radical (unpaired) electrons. The van der Waals surface area contributed by atoms with E-state index in [4.69, 9.17) is 10.0 Å². The zero-order valence-corrected chi connectivity index (χ0v) is 18.2. The molecular weight excluding hydrogens is 337 g/mol. The molecule has 1 aromatic carbocycles. The molecule has 4 nitrogen and oxygen atoms in total. The van der Waals surface area contributed by atoms with Gasteiger partial charge in [0.05, 0.1) is 26.2 Å². The Balaban J connectivity index is 0.000000569. The van der Waals surface area contributed by atoms with E-state index in [0.29, 0.717) is 5.75 Å². The molecule has 0 saturated carbocycles. The number of para-hydroxylation sites is 1. The summed E-state index contributed by atoms with van der Waals surface area (Å²) in [6.45, 7) is 15.0. The molecule has 2 N–H and O–H groups in total. The minimum Gasteiger partial charge on any atom is -0.512 e. The van der Waals surface area contributed by atoms with Gasteiger partial charge in [-0.3, -0.25) is 0 Å². The zero-order chi connectivity index (χ0) is 20.4. The van der Waals surface area contributed by atoms with Crippen molar-refractivity contribution in [1.82, 2.24) is 0 Å². The largest absolute Gasteiger partial charge is 0.707 e. The van der Waals surface area contributed by atoms with Crippen molar-refractivity contribution >= 4 is 7.32 Å². The van der Waals surface area contributed by atoms with Gasteiger partial charge < -0.3 is 19.2 Å². The van der Waals surface area contributed by atoms with Crippen LogP contribution in [0, 0.1) is 0 Å². The highest BCUT2D eigenvalue weighted by Gasteiger charge is 2.24. The Hall–Kier alpha value is -1.04. The Morgan fingerprint density at radius 1 is 0.704 bits per heavy atom. The van der Waals surface area contributed by atoms with Crippen LogP contribution in [0.4, 0.5) is 0 Å². The van der Waals surface area contributed by atoms with Crippen LogP contribution in [0.5, 0.6) is 5.75 Å². The molecule has 0 aliphatic rings. The normalized spacial score (nSPS) is 10.9. The summed E-state index contributed by atoms with van der Waals surface area (Å²) in [5, 5.41) is 16.7. The first-order chi connectivity index (χ1) is 13.0. The first-order valence-corrected chi connectivity index (χ1v) is 11.0. The van der Waals surface area contributed by atoms with E-state index in [9.17, 15) is 0 Å². The smallest absolute Gasteiger partial charge is 0.512 e. The average Bonchev–Trinajstić information content (AvgIpc) is 2.68. The lowest BCUT2D eigenvalue weighted by molar-refractivity contribution is -0.929. The second-order valence-corrected chi connectivity index (χ2v) is 7.41. The summed E-state index contributed by atoms with van der Waals surface area (Å²) in [5.41, 5.74) is 0. The van der Waals surface area contributed by atoms with Crippen LogP contribution < -0.4 is 4.65 Å². The first-order valence-electron chi connectivity index (χ1n) is 11.0. The molecule has 5 heteroatoms. The van der Waals surface area contributed by atoms with Crippen LogP contribution in [0.25, 0.3) is 0 Å². The summed E-state index contributed by atoms with van der Waals surface area (Å²) in [7, 11) is -1.73. The van der Waals surface area contributed by atoms with Gasteiger partial charge in [0, 0.05) is 0 Å². The Morgan fingerprint density at radius 2 is 1.07 bits per heavy atom. The molecule has 1 aromatic rings. The molecule has 0 atom stereocenters. The van der Waals surface area contributed by atoms with E-state index in [1.165, 1.54) is 82.0 Å². The lowest BCUT2D eigenvalue weighted by Crippen LogP contribution is -2.50. The van der Waals surface area contributed by atoms with E-state index < -0.39 is 7.32 Å². The summed E-state index contributed by atoms with van der Waals surface area (Å²) < 4.78 is 5.95. The van der Waals surface area contributed by atoms with Crippen LogP contribution >= 0.6 is 0 Å². The van der Waals surface area contributed by atoms with Crippen LogP contribution in [-0.2, 0) is 0 Å². The maximum absolute atomic E-state index is 8.34. The number of quaternary nitrogens is 1. The number of benzene rings is 1. The van der Waals surface area contributed by atoms with Crippen LogP contribution in [0.15, 0.2) is 30.3 Å². The highest BCUT2D eigenvalue weighted by molar-refractivity contribution is 6.33. The third-order valence-corrected chi connectivity index (χ3v) is 4.93. The SMILES string of the molecule is CCCC[N+](CCCC)(CCCC)CCCC.OB(O)Oc1ccccc1. The molecule has 27 heavy (non-hydrogen) atoms. The van der Waals surface area contributed by atoms with Crippen molar-refractivity contribution in [1.29, 1.82) is 0 Å². The van der Waals surface area contributed by atoms with Crippen LogP contribution in [0.3, 0.4) is 0 Å². The molecule has 0 amide bonds. The van der Waals surface area contributed by atoms with E-state index >= 15 is 0 Å². The highest BCUT2D eigenvalue weighted by Crippen LogP contribution is 2.16. The summed E-state index contributed by atoms with van der Waals surface area (Å²) in [6.07, 6.45) is 11.1. The molecule has 0 aliphatic heterocycles. The molecule has 0 fully saturated rings. The van der Waals surface area contributed by atoms with Crippen molar-refractivity contribution in [3.8, 4) is 5.75 Å². The van der Waals surface area contributed by atoms with Gasteiger partial charge >= 0.3 is 7.32 Å². The van der Waals surface area contributed by atoms with Gasteiger partial charge in [-0.25, -0.2) is 0 Å². The van der Waals surface area contributed by atoms with E-state index in [1.807, 2.05) is 6.07 Å². The fourth-order valence-corrected chi connectivity index (χ4v) is 3.27. The number of hydrogen-bond donors (Lipinski definition) is 2. The van der Waals surface area contributed by atoms with Crippen molar-refractivity contribution < 1.29 is 19.2 Å². The highest BCUT2D eigenvalue weighted by atomic mass is 16.6. The molecule has 0 heterocycles. The van der Waals surface area contributed by atoms with Crippen LogP contribution in [-0.4, -0.2) is 48.0 Å². The van der Waals surface area contributed by atoms with Gasteiger partial charge in [0.2, 0.25) is 0 Å². The van der Waals surface area contributed by atoms with Crippen molar-refractivity contribution in [2.24, 2.45) is 0 Å². The van der Waals surface area contributed by atoms with Crippen molar-refractivity contribution in [2.45, 2.75) is 79.1 Å². The molecule has 0 saturated heterocycles. The minimum atomic E-state index is -1.73. The summed E-state index contributed by atoms with van der Waals surface area (Å²) in [6, 6.07) is 8.59. The number of nitrogens with zero attached hydrogens (tertiary/aromatic N) is 1. The second kappa shape index (κ2) is 17.1. The summed E-state index contributed by atoms with van der Waals surface area (Å²) >= 11 is 0. The topological polar surface area (TPSA) is 49.7 Å². The average molecular weight is 380 g/mol. The molecular formula is C22H43BNO3+. The first kappa shape index (κ1) is 26.0. The summed E-state index contributed by atoms with van der Waals surface area (Å²) in [4.78, 5) is 0. The third-order valence-electron chi connectivity index (χ3n) is 4.93. The minimum absolute atomic E-state index is 0.442. The maximum Gasteiger partial charge on any atom is 0.707 e. The fourth-order valence-electron chi connectivity index (χ4n) is 3.27. The molecule has 0 unspecified atom stereocenters. The van der Waals surface area contributed by atoms with Gasteiger partial charge in [-0.1, -0.05) is 71.6 Å². The summed E-state index contributed by atoms with van der Waals surface area (Å²) in [5.74, 6) is 0.442. The quantitative estimate of drug-likeness (QED) is 0.351. The Labute approximate surface area is 168 Å². The molecule has 0 bridgehead atoms. The van der Waals surface area contributed by atoms with E-state index in [-0.39, 0.29) is 0 Å². The number of hydrogen-bond acceptors (Lipinski definition) is 3. The molecule has 0 aromatic heterocycles. The third kappa shape index (κ3) is 13.7. The standard InChI is InChI=1S/C16H36N.C6H7BO3/c1-5-9-13-17(14-10-6-2,15-11-7-3)16-12-8-4;8-7(9)10-6-4-2-1-3-5-6/h5-16H2,1-4H3;1-5,8-9H/q+1;. The molecule has 156 valence electrons. The van der Waals surface area contributed by atoms with Crippen molar-refractivity contribution in [2.75, 3.05) is 26.2 Å². The predicted octanol–water partition coefficient (Wildman–Crippen LogP) is 5.04. The van der Waals surface area contributed by atoms with E-state index in [0.717, 1.165) is 0 Å². The number of unbranched alkanes of at least 4 members (excludes halogenated alkanes) is 4. The zero-order valence-electron chi connectivity index (χ0n) is 18.2. The fraction of sp³-hybridized carbons (Fsp3) is 0.727. The van der Waals surface area contributed by atoms with Gasteiger partial charge in [-0.15, -0.1) is 0 Å². The Bertz CT molecular complexity index is 391. The van der Waals surface area contributed by atoms with Crippen LogP contribution in [0.2, 0.25) is 0 Å². The van der Waals surface area contributed by atoms with Gasteiger partial charge in [-0.2, -0.15) is 0 Å². The van der Waals surface area contributed by atoms with Gasteiger partial charge in [0.15, 0.2) is 0 Å². The molecule has 0 spiro atoms. The number of rotatable bonds is 14. The van der Waals surface area contributed by atoms with E-state index in [1.54, 1.807) is 24.3 Å². The van der Waals surface area contributed by atoms with E-state index in [2.05, 4.69) is 32.3 Å². The lowest BCUT2D eigenvalue weighted by atomic mass is 10.1. The van der Waals surface area contributed by atoms with Gasteiger partial charge in [0.1, 0.15) is 5.75 Å². The van der Waals surface area contributed by atoms with Gasteiger partial charge in [0.25, 0.3) is 0 Å². The van der Waals surface area contributed by atoms with Gasteiger partial charge in [-0.05, 0) is 37.8 Å². The predicted molar refractivity (Wildman–Crippen MR) is 117 cm³/mol. The lowest BCUT2D eigenvalue weighted by Gasteiger charge is -2.39. The van der Waals surface area contributed by atoms with Crippen LogP contribution in [0.1, 0.15) is 79.1 Å². The molecule has 1 rings (SSSR count). The second-order valence-electron chi connectivity index (χ2n) is 7.41. The Morgan fingerprint density at radius 3 is 1.37 bits per heavy atom. The van der Waals surface area contributed by atoms with Crippen molar-refractivity contribution in [3.63, 3.8) is 0 Å². The maximum atomic E-state index is 8.34. The Kier molecular flexibility index (Phi) is 16.4. The van der Waals surface area contributed by atoms with Crippen molar-refractivity contribution in [3.05, 3.63) is 30.3 Å². The monoisotopic (exact) mass is 380 g/mol.